The third-order valence-electron chi connectivity index (χ3n) is 4.26. The number of benzene rings is 1. The average molecular weight is 359 g/mol. The van der Waals surface area contributed by atoms with E-state index in [1.54, 1.807) is 0 Å². The van der Waals surface area contributed by atoms with Crippen molar-refractivity contribution in [1.29, 1.82) is 5.26 Å². The van der Waals surface area contributed by atoms with Crippen molar-refractivity contribution in [3.8, 4) is 6.07 Å². The molecule has 0 radical (unpaired) electrons. The minimum absolute atomic E-state index is 0.225. The summed E-state index contributed by atoms with van der Waals surface area (Å²) in [6.07, 6.45) is -0.546. The minimum Gasteiger partial charge on any atom is -0.444 e. The fraction of sp³-hybridized carbons (Fsp3) is 0.471. The lowest BCUT2D eigenvalue weighted by Crippen LogP contribution is -2.48. The molecule has 0 aromatic heterocycles. The molecule has 1 saturated heterocycles. The van der Waals surface area contributed by atoms with Crippen molar-refractivity contribution in [2.75, 3.05) is 13.1 Å². The van der Waals surface area contributed by atoms with Gasteiger partial charge in [0, 0.05) is 13.0 Å². The number of nitriles is 1. The average Bonchev–Trinajstić information content (AvgIpc) is 3.08. The van der Waals surface area contributed by atoms with Crippen molar-refractivity contribution in [1.82, 2.24) is 10.2 Å². The molecule has 1 fully saturated rings. The van der Waals surface area contributed by atoms with E-state index in [-0.39, 0.29) is 18.9 Å². The fourth-order valence-corrected chi connectivity index (χ4v) is 2.79. The number of nitrogens with one attached hydrogen (secondary N) is 1. The van der Waals surface area contributed by atoms with Crippen molar-refractivity contribution in [2.24, 2.45) is 5.92 Å². The normalized spacial score (nSPS) is 18.5. The number of likely N-dealkylation sites (tertiary alicyclic amines) is 1. The van der Waals surface area contributed by atoms with Gasteiger partial charge in [-0.15, -0.1) is 0 Å². The molecule has 138 valence electrons. The van der Waals surface area contributed by atoms with Crippen molar-refractivity contribution in [3.05, 3.63) is 35.9 Å². The second-order valence-corrected chi connectivity index (χ2v) is 6.31. The largest absolute Gasteiger partial charge is 0.475 e. The highest BCUT2D eigenvalue weighted by Crippen LogP contribution is 2.16. The Kier molecular flexibility index (Phi) is 7.01. The second-order valence-electron chi connectivity index (χ2n) is 6.31. The summed E-state index contributed by atoms with van der Waals surface area (Å²) in [5.41, 5.74) is 0.842. The number of alkyl carbamates (subject to hydrolysis) is 1. The van der Waals surface area contributed by atoms with Gasteiger partial charge in [0.05, 0.1) is 18.6 Å². The van der Waals surface area contributed by atoms with E-state index in [1.165, 1.54) is 11.8 Å². The van der Waals surface area contributed by atoms with E-state index in [2.05, 4.69) is 5.32 Å². The smallest absolute Gasteiger partial charge is 0.444 e. The van der Waals surface area contributed by atoms with E-state index in [9.17, 15) is 19.6 Å². The molecule has 1 aliphatic rings. The molecule has 2 amide bonds. The first-order valence-electron chi connectivity index (χ1n) is 8.46. The van der Waals surface area contributed by atoms with Crippen molar-refractivity contribution < 1.29 is 24.4 Å². The molecule has 1 aromatic rings. The number of carbonyl (C=O) groups is 2. The monoisotopic (exact) mass is 359 g/mol. The molecule has 2 rings (SSSR count). The van der Waals surface area contributed by atoms with Crippen LogP contribution in [0.5, 0.6) is 0 Å². The summed E-state index contributed by atoms with van der Waals surface area (Å²) in [4.78, 5) is 25.5. The van der Waals surface area contributed by atoms with E-state index >= 15 is 0 Å². The molecule has 1 aromatic carbocycles. The van der Waals surface area contributed by atoms with E-state index in [4.69, 9.17) is 10.00 Å². The highest BCUT2D eigenvalue weighted by atomic mass is 16.6. The lowest BCUT2D eigenvalue weighted by atomic mass is 9.76. The van der Waals surface area contributed by atoms with Gasteiger partial charge in [0.15, 0.2) is 0 Å². The Labute approximate surface area is 152 Å². The number of hydrogen-bond donors (Lipinski definition) is 3. The summed E-state index contributed by atoms with van der Waals surface area (Å²) in [5.74, 6) is -1.93. The molecular formula is C17H22BN3O5. The highest BCUT2D eigenvalue weighted by molar-refractivity contribution is 6.43. The summed E-state index contributed by atoms with van der Waals surface area (Å²) in [7, 11) is -1.74. The van der Waals surface area contributed by atoms with Gasteiger partial charge in [0.2, 0.25) is 5.91 Å². The molecule has 1 aliphatic heterocycles. The van der Waals surface area contributed by atoms with Crippen LogP contribution in [0.1, 0.15) is 18.9 Å². The molecule has 3 atom stereocenters. The first-order valence-corrected chi connectivity index (χ1v) is 8.46. The maximum atomic E-state index is 12.1. The first-order chi connectivity index (χ1) is 12.4. The van der Waals surface area contributed by atoms with Crippen molar-refractivity contribution >= 4 is 19.1 Å². The Balaban J connectivity index is 1.85. The lowest BCUT2D eigenvalue weighted by molar-refractivity contribution is -0.132. The summed E-state index contributed by atoms with van der Waals surface area (Å²) >= 11 is 0. The van der Waals surface area contributed by atoms with E-state index < -0.39 is 31.2 Å². The zero-order valence-corrected chi connectivity index (χ0v) is 14.5. The first kappa shape index (κ1) is 19.8. The standard InChI is InChI=1S/C17H22BN3O5/c1-12(10-19)16(22)21-8-7-14(11-21)26-17(23)20-15(18(24)25)9-13-5-3-2-4-6-13/h2-6,12,14-15,24-25H,7-9,11H2,1H3,(H,20,23). The topological polar surface area (TPSA) is 123 Å². The van der Waals surface area contributed by atoms with Crippen LogP contribution in [0.25, 0.3) is 0 Å². The number of amides is 2. The van der Waals surface area contributed by atoms with Crippen LogP contribution >= 0.6 is 0 Å². The van der Waals surface area contributed by atoms with Crippen LogP contribution in [0.15, 0.2) is 30.3 Å². The van der Waals surface area contributed by atoms with Gasteiger partial charge in [-0.05, 0) is 18.9 Å². The molecule has 9 heteroatoms. The Morgan fingerprint density at radius 2 is 2.12 bits per heavy atom. The number of rotatable bonds is 6. The Bertz CT molecular complexity index is 664. The van der Waals surface area contributed by atoms with E-state index in [0.717, 1.165) is 5.56 Å². The van der Waals surface area contributed by atoms with Gasteiger partial charge in [-0.3, -0.25) is 4.79 Å². The summed E-state index contributed by atoms with van der Waals surface area (Å²) in [5, 5.41) is 30.2. The van der Waals surface area contributed by atoms with Crippen LogP contribution in [0, 0.1) is 17.2 Å². The van der Waals surface area contributed by atoms with E-state index in [0.29, 0.717) is 13.0 Å². The number of carbonyl (C=O) groups excluding carboxylic acids is 2. The Morgan fingerprint density at radius 1 is 1.42 bits per heavy atom. The number of hydrogen-bond acceptors (Lipinski definition) is 6. The van der Waals surface area contributed by atoms with Crippen molar-refractivity contribution in [3.63, 3.8) is 0 Å². The molecule has 3 unspecified atom stereocenters. The number of nitrogens with zero attached hydrogens (tertiary/aromatic N) is 2. The molecule has 0 bridgehead atoms. The maximum absolute atomic E-state index is 12.1. The molecular weight excluding hydrogens is 337 g/mol. The molecule has 26 heavy (non-hydrogen) atoms. The summed E-state index contributed by atoms with van der Waals surface area (Å²) in [6.45, 7) is 2.17. The molecule has 1 heterocycles. The van der Waals surface area contributed by atoms with Gasteiger partial charge in [-0.25, -0.2) is 4.79 Å². The summed E-state index contributed by atoms with van der Waals surface area (Å²) in [6, 6.07) is 11.0. The van der Waals surface area contributed by atoms with E-state index in [1.807, 2.05) is 36.4 Å². The van der Waals surface area contributed by atoms with Crippen LogP contribution in [-0.2, 0) is 16.0 Å². The molecule has 3 N–H and O–H groups in total. The Morgan fingerprint density at radius 3 is 2.73 bits per heavy atom. The SMILES string of the molecule is CC(C#N)C(=O)N1CCC(OC(=O)NC(Cc2ccccc2)B(O)O)C1. The zero-order chi connectivity index (χ0) is 19.1. The molecule has 0 spiro atoms. The predicted octanol–water partition coefficient (Wildman–Crippen LogP) is 0.0965. The van der Waals surface area contributed by atoms with Crippen LogP contribution in [0.3, 0.4) is 0 Å². The minimum atomic E-state index is -1.74. The third-order valence-corrected chi connectivity index (χ3v) is 4.26. The molecule has 8 nitrogen and oxygen atoms in total. The fourth-order valence-electron chi connectivity index (χ4n) is 2.79. The lowest BCUT2D eigenvalue weighted by Gasteiger charge is -2.20. The Hall–Kier alpha value is -2.57. The predicted molar refractivity (Wildman–Crippen MR) is 93.5 cm³/mol. The second kappa shape index (κ2) is 9.22. The molecule has 0 aliphatic carbocycles. The van der Waals surface area contributed by atoms with Crippen LogP contribution in [0.2, 0.25) is 0 Å². The maximum Gasteiger partial charge on any atom is 0.475 e. The van der Waals surface area contributed by atoms with Crippen LogP contribution in [-0.4, -0.2) is 59.2 Å². The number of ether oxygens (including phenoxy) is 1. The van der Waals surface area contributed by atoms with Gasteiger partial charge in [0.25, 0.3) is 0 Å². The van der Waals surface area contributed by atoms with Gasteiger partial charge in [-0.1, -0.05) is 30.3 Å². The van der Waals surface area contributed by atoms with Crippen LogP contribution < -0.4 is 5.32 Å². The van der Waals surface area contributed by atoms with Crippen LogP contribution in [0.4, 0.5) is 4.79 Å². The third kappa shape index (κ3) is 5.47. The van der Waals surface area contributed by atoms with Gasteiger partial charge in [0.1, 0.15) is 12.0 Å². The van der Waals surface area contributed by atoms with Gasteiger partial charge >= 0.3 is 13.2 Å². The summed E-state index contributed by atoms with van der Waals surface area (Å²) < 4.78 is 5.27. The van der Waals surface area contributed by atoms with Gasteiger partial charge in [-0.2, -0.15) is 5.26 Å². The van der Waals surface area contributed by atoms with Gasteiger partial charge < -0.3 is 25.0 Å². The van der Waals surface area contributed by atoms with Crippen molar-refractivity contribution in [2.45, 2.75) is 31.8 Å². The quantitative estimate of drug-likeness (QED) is 0.619. The zero-order valence-electron chi connectivity index (χ0n) is 14.5. The molecule has 0 saturated carbocycles. The highest BCUT2D eigenvalue weighted by Gasteiger charge is 2.32.